The summed E-state index contributed by atoms with van der Waals surface area (Å²) >= 11 is 1.55. The highest BCUT2D eigenvalue weighted by Gasteiger charge is 2.19. The van der Waals surface area contributed by atoms with Gasteiger partial charge in [0.05, 0.1) is 6.54 Å². The number of carbonyl (C=O) groups excluding carboxylic acids is 1. The van der Waals surface area contributed by atoms with Crippen molar-refractivity contribution in [2.24, 2.45) is 0 Å². The van der Waals surface area contributed by atoms with E-state index in [1.54, 1.807) is 23.7 Å². The number of amides is 1. The molecular weight excluding hydrogens is 370 g/mol. The molecule has 1 saturated heterocycles. The Hall–Kier alpha value is -2.77. The van der Waals surface area contributed by atoms with Crippen LogP contribution in [0.3, 0.4) is 0 Å². The number of thiazole rings is 1. The second kappa shape index (κ2) is 8.95. The van der Waals surface area contributed by atoms with E-state index in [4.69, 9.17) is 0 Å². The second-order valence-corrected chi connectivity index (χ2v) is 7.71. The summed E-state index contributed by atoms with van der Waals surface area (Å²) in [5.74, 6) is -0.131. The molecule has 0 bridgehead atoms. The minimum atomic E-state index is -0.131. The molecule has 0 radical (unpaired) electrons. The SMILES string of the molecule is O=C(NCc1ccncc1)c1csc(CN2CCN(c3ccccc3)CC2)n1. The molecule has 0 unspecified atom stereocenters. The molecule has 1 aromatic carbocycles. The molecule has 0 atom stereocenters. The summed E-state index contributed by atoms with van der Waals surface area (Å²) < 4.78 is 0. The predicted octanol–water partition coefficient (Wildman–Crippen LogP) is 2.79. The van der Waals surface area contributed by atoms with Gasteiger partial charge in [0.25, 0.3) is 5.91 Å². The van der Waals surface area contributed by atoms with Crippen LogP contribution in [0.5, 0.6) is 0 Å². The summed E-state index contributed by atoms with van der Waals surface area (Å²) in [6.07, 6.45) is 3.44. The van der Waals surface area contributed by atoms with Crippen LogP contribution in [0.1, 0.15) is 21.1 Å². The molecule has 1 amide bonds. The number of anilines is 1. The van der Waals surface area contributed by atoms with Gasteiger partial charge in [-0.25, -0.2) is 4.98 Å². The van der Waals surface area contributed by atoms with E-state index < -0.39 is 0 Å². The van der Waals surface area contributed by atoms with E-state index in [0.717, 1.165) is 43.3 Å². The molecular formula is C21H23N5OS. The number of hydrogen-bond acceptors (Lipinski definition) is 6. The molecule has 6 nitrogen and oxygen atoms in total. The third kappa shape index (κ3) is 4.74. The zero-order valence-corrected chi connectivity index (χ0v) is 16.4. The molecule has 1 aliphatic rings. The zero-order chi connectivity index (χ0) is 19.2. The van der Waals surface area contributed by atoms with Crippen LogP contribution in [0.2, 0.25) is 0 Å². The van der Waals surface area contributed by atoms with Crippen LogP contribution in [0.4, 0.5) is 5.69 Å². The Morgan fingerprint density at radius 3 is 2.54 bits per heavy atom. The van der Waals surface area contributed by atoms with Gasteiger partial charge in [0.15, 0.2) is 0 Å². The topological polar surface area (TPSA) is 61.4 Å². The number of pyridine rings is 1. The zero-order valence-electron chi connectivity index (χ0n) is 15.6. The first-order chi connectivity index (χ1) is 13.8. The van der Waals surface area contributed by atoms with Gasteiger partial charge in [-0.05, 0) is 29.8 Å². The summed E-state index contributed by atoms with van der Waals surface area (Å²) in [4.78, 5) is 25.6. The lowest BCUT2D eigenvalue weighted by atomic mass is 10.2. The summed E-state index contributed by atoms with van der Waals surface area (Å²) in [6, 6.07) is 14.3. The van der Waals surface area contributed by atoms with Crippen molar-refractivity contribution in [3.05, 3.63) is 76.5 Å². The van der Waals surface area contributed by atoms with Crippen LogP contribution < -0.4 is 10.2 Å². The van der Waals surface area contributed by atoms with Crippen molar-refractivity contribution < 1.29 is 4.79 Å². The first kappa shape index (κ1) is 18.6. The van der Waals surface area contributed by atoms with Crippen LogP contribution >= 0.6 is 11.3 Å². The molecule has 7 heteroatoms. The van der Waals surface area contributed by atoms with Crippen molar-refractivity contribution in [2.75, 3.05) is 31.1 Å². The Balaban J connectivity index is 1.26. The summed E-state index contributed by atoms with van der Waals surface area (Å²) in [5.41, 5.74) is 2.80. The van der Waals surface area contributed by atoms with Gasteiger partial charge in [0.2, 0.25) is 0 Å². The summed E-state index contributed by atoms with van der Waals surface area (Å²) in [6.45, 7) is 5.29. The van der Waals surface area contributed by atoms with Crippen LogP contribution in [-0.2, 0) is 13.1 Å². The summed E-state index contributed by atoms with van der Waals surface area (Å²) in [5, 5.41) is 5.75. The van der Waals surface area contributed by atoms with Crippen molar-refractivity contribution in [1.82, 2.24) is 20.2 Å². The molecule has 3 heterocycles. The van der Waals surface area contributed by atoms with Crippen molar-refractivity contribution in [1.29, 1.82) is 0 Å². The fraction of sp³-hybridized carbons (Fsp3) is 0.286. The van der Waals surface area contributed by atoms with Gasteiger partial charge in [-0.2, -0.15) is 0 Å². The van der Waals surface area contributed by atoms with E-state index in [0.29, 0.717) is 12.2 Å². The molecule has 0 saturated carbocycles. The number of aromatic nitrogens is 2. The highest BCUT2D eigenvalue weighted by Crippen LogP contribution is 2.18. The quantitative estimate of drug-likeness (QED) is 0.698. The van der Waals surface area contributed by atoms with Gasteiger partial charge in [-0.1, -0.05) is 18.2 Å². The van der Waals surface area contributed by atoms with Crippen molar-refractivity contribution in [3.63, 3.8) is 0 Å². The second-order valence-electron chi connectivity index (χ2n) is 6.76. The molecule has 0 aliphatic carbocycles. The van der Waals surface area contributed by atoms with Gasteiger partial charge >= 0.3 is 0 Å². The Morgan fingerprint density at radius 2 is 1.79 bits per heavy atom. The Bertz CT molecular complexity index is 891. The fourth-order valence-electron chi connectivity index (χ4n) is 3.26. The number of para-hydroxylation sites is 1. The number of hydrogen-bond donors (Lipinski definition) is 1. The number of nitrogens with one attached hydrogen (secondary N) is 1. The molecule has 1 aliphatic heterocycles. The normalized spacial score (nSPS) is 14.8. The van der Waals surface area contributed by atoms with Crippen LogP contribution in [-0.4, -0.2) is 47.0 Å². The maximum Gasteiger partial charge on any atom is 0.271 e. The molecule has 3 aromatic rings. The molecule has 144 valence electrons. The first-order valence-corrected chi connectivity index (χ1v) is 10.3. The third-order valence-corrected chi connectivity index (χ3v) is 5.67. The number of nitrogens with zero attached hydrogens (tertiary/aromatic N) is 4. The maximum absolute atomic E-state index is 12.3. The van der Waals surface area contributed by atoms with E-state index in [1.165, 1.54) is 5.69 Å². The highest BCUT2D eigenvalue weighted by atomic mass is 32.1. The predicted molar refractivity (Wildman–Crippen MR) is 111 cm³/mol. The largest absolute Gasteiger partial charge is 0.369 e. The van der Waals surface area contributed by atoms with E-state index in [1.807, 2.05) is 23.6 Å². The van der Waals surface area contributed by atoms with Gasteiger partial charge in [-0.3, -0.25) is 14.7 Å². The van der Waals surface area contributed by atoms with E-state index in [2.05, 4.69) is 49.4 Å². The van der Waals surface area contributed by atoms with Crippen molar-refractivity contribution in [3.8, 4) is 0 Å². The highest BCUT2D eigenvalue weighted by molar-refractivity contribution is 7.09. The average molecular weight is 394 g/mol. The maximum atomic E-state index is 12.3. The smallest absolute Gasteiger partial charge is 0.271 e. The Morgan fingerprint density at radius 1 is 1.04 bits per heavy atom. The molecule has 2 aromatic heterocycles. The minimum absolute atomic E-state index is 0.131. The molecule has 1 N–H and O–H groups in total. The molecule has 0 spiro atoms. The standard InChI is InChI=1S/C21H23N5OS/c27-21(23-14-17-6-8-22-9-7-17)19-16-28-20(24-19)15-25-10-12-26(13-11-25)18-4-2-1-3-5-18/h1-9,16H,10-15H2,(H,23,27). The Kier molecular flexibility index (Phi) is 5.94. The fourth-order valence-corrected chi connectivity index (χ4v) is 4.07. The van der Waals surface area contributed by atoms with Crippen LogP contribution in [0.25, 0.3) is 0 Å². The van der Waals surface area contributed by atoms with Gasteiger partial charge in [0.1, 0.15) is 10.7 Å². The van der Waals surface area contributed by atoms with E-state index >= 15 is 0 Å². The average Bonchev–Trinajstić information content (AvgIpc) is 3.22. The molecule has 4 rings (SSSR count). The lowest BCUT2D eigenvalue weighted by molar-refractivity contribution is 0.0946. The van der Waals surface area contributed by atoms with Gasteiger partial charge < -0.3 is 10.2 Å². The first-order valence-electron chi connectivity index (χ1n) is 9.42. The minimum Gasteiger partial charge on any atom is -0.369 e. The van der Waals surface area contributed by atoms with Gasteiger partial charge in [-0.15, -0.1) is 11.3 Å². The van der Waals surface area contributed by atoms with Gasteiger partial charge in [0, 0.05) is 56.2 Å². The number of carbonyl (C=O) groups is 1. The van der Waals surface area contributed by atoms with Crippen LogP contribution in [0, 0.1) is 0 Å². The lowest BCUT2D eigenvalue weighted by Gasteiger charge is -2.35. The van der Waals surface area contributed by atoms with Crippen LogP contribution in [0.15, 0.2) is 60.2 Å². The van der Waals surface area contributed by atoms with Crippen molar-refractivity contribution in [2.45, 2.75) is 13.1 Å². The number of rotatable bonds is 6. The number of piperazine rings is 1. The van der Waals surface area contributed by atoms with Crippen molar-refractivity contribution >= 4 is 22.9 Å². The third-order valence-electron chi connectivity index (χ3n) is 4.84. The van der Waals surface area contributed by atoms with E-state index in [9.17, 15) is 4.79 Å². The monoisotopic (exact) mass is 393 g/mol. The number of benzene rings is 1. The molecule has 1 fully saturated rings. The van der Waals surface area contributed by atoms with E-state index in [-0.39, 0.29) is 5.91 Å². The summed E-state index contributed by atoms with van der Waals surface area (Å²) in [7, 11) is 0. The Labute approximate surface area is 168 Å². The molecule has 28 heavy (non-hydrogen) atoms. The lowest BCUT2D eigenvalue weighted by Crippen LogP contribution is -2.45.